The lowest BCUT2D eigenvalue weighted by molar-refractivity contribution is -0.387. The van der Waals surface area contributed by atoms with Gasteiger partial charge in [0, 0.05) is 24.7 Å². The summed E-state index contributed by atoms with van der Waals surface area (Å²) in [5.74, 6) is -1.78. The van der Waals surface area contributed by atoms with E-state index in [4.69, 9.17) is 4.74 Å². The van der Waals surface area contributed by atoms with E-state index in [1.54, 1.807) is 24.3 Å². The van der Waals surface area contributed by atoms with Gasteiger partial charge in [0.05, 0.1) is 23.1 Å². The zero-order chi connectivity index (χ0) is 20.3. The molecule has 0 aromatic heterocycles. The van der Waals surface area contributed by atoms with Gasteiger partial charge in [0.2, 0.25) is 17.6 Å². The second-order valence-corrected chi connectivity index (χ2v) is 6.22. The van der Waals surface area contributed by atoms with Crippen molar-refractivity contribution in [3.05, 3.63) is 58.4 Å². The second kappa shape index (κ2) is 8.03. The molecule has 1 fully saturated rings. The van der Waals surface area contributed by atoms with Crippen LogP contribution in [0.3, 0.4) is 0 Å². The van der Waals surface area contributed by atoms with Crippen LogP contribution in [-0.4, -0.2) is 29.9 Å². The van der Waals surface area contributed by atoms with E-state index in [2.05, 4.69) is 5.32 Å². The largest absolute Gasteiger partial charge is 0.492 e. The number of anilines is 2. The lowest BCUT2D eigenvalue weighted by Gasteiger charge is -2.20. The number of halogens is 1. The molecule has 2 aromatic carbocycles. The van der Waals surface area contributed by atoms with Crippen LogP contribution in [-0.2, 0) is 9.59 Å². The molecule has 1 aliphatic rings. The molecule has 0 unspecified atom stereocenters. The molecule has 1 atom stereocenters. The van der Waals surface area contributed by atoms with E-state index in [9.17, 15) is 24.1 Å². The van der Waals surface area contributed by atoms with Crippen LogP contribution in [0.25, 0.3) is 0 Å². The van der Waals surface area contributed by atoms with Crippen LogP contribution in [0, 0.1) is 21.8 Å². The summed E-state index contributed by atoms with van der Waals surface area (Å²) in [7, 11) is 0. The van der Waals surface area contributed by atoms with Crippen molar-refractivity contribution < 1.29 is 23.6 Å². The topological polar surface area (TPSA) is 102 Å². The first-order chi connectivity index (χ1) is 13.4. The highest BCUT2D eigenvalue weighted by Crippen LogP contribution is 2.33. The van der Waals surface area contributed by atoms with Crippen LogP contribution in [0.2, 0.25) is 0 Å². The molecule has 0 aliphatic carbocycles. The molecule has 2 amide bonds. The van der Waals surface area contributed by atoms with Crippen molar-refractivity contribution in [3.63, 3.8) is 0 Å². The van der Waals surface area contributed by atoms with E-state index in [0.717, 1.165) is 12.1 Å². The minimum absolute atomic E-state index is 0.00438. The molecule has 1 N–H and O–H groups in total. The van der Waals surface area contributed by atoms with Crippen LogP contribution < -0.4 is 15.0 Å². The third-order valence-electron chi connectivity index (χ3n) is 4.36. The quantitative estimate of drug-likeness (QED) is 0.606. The highest BCUT2D eigenvalue weighted by atomic mass is 19.1. The number of nitro benzene ring substituents is 1. The number of para-hydroxylation sites is 2. The van der Waals surface area contributed by atoms with Crippen molar-refractivity contribution in [2.24, 2.45) is 5.92 Å². The average molecular weight is 387 g/mol. The normalized spacial score (nSPS) is 16.1. The van der Waals surface area contributed by atoms with Gasteiger partial charge >= 0.3 is 5.69 Å². The number of nitrogens with one attached hydrogen (secondary N) is 1. The van der Waals surface area contributed by atoms with Crippen molar-refractivity contribution in [2.45, 2.75) is 13.3 Å². The zero-order valence-electron chi connectivity index (χ0n) is 15.1. The number of nitro groups is 1. The summed E-state index contributed by atoms with van der Waals surface area (Å²) in [4.78, 5) is 36.4. The smallest absolute Gasteiger partial charge is 0.306 e. The lowest BCUT2D eigenvalue weighted by Crippen LogP contribution is -2.28. The molecule has 28 heavy (non-hydrogen) atoms. The number of benzene rings is 2. The Bertz CT molecular complexity index is 934. The van der Waals surface area contributed by atoms with E-state index in [1.807, 2.05) is 6.92 Å². The van der Waals surface area contributed by atoms with Gasteiger partial charge in [-0.3, -0.25) is 19.7 Å². The Balaban J connectivity index is 1.74. The Labute approximate surface area is 160 Å². The highest BCUT2D eigenvalue weighted by Gasteiger charge is 2.36. The molecule has 0 radical (unpaired) electrons. The summed E-state index contributed by atoms with van der Waals surface area (Å²) >= 11 is 0. The van der Waals surface area contributed by atoms with E-state index in [0.29, 0.717) is 18.0 Å². The summed E-state index contributed by atoms with van der Waals surface area (Å²) in [6.07, 6.45) is -0.00438. The van der Waals surface area contributed by atoms with Crippen molar-refractivity contribution >= 4 is 28.9 Å². The zero-order valence-corrected chi connectivity index (χ0v) is 15.1. The predicted molar refractivity (Wildman–Crippen MR) is 99.8 cm³/mol. The molecule has 1 heterocycles. The molecule has 146 valence electrons. The number of amides is 2. The lowest BCUT2D eigenvalue weighted by atomic mass is 10.1. The number of nitrogens with zero attached hydrogens (tertiary/aromatic N) is 2. The Morgan fingerprint density at radius 2 is 2.11 bits per heavy atom. The highest BCUT2D eigenvalue weighted by molar-refractivity contribution is 6.04. The number of hydrogen-bond acceptors (Lipinski definition) is 5. The van der Waals surface area contributed by atoms with Gasteiger partial charge in [0.1, 0.15) is 5.75 Å². The van der Waals surface area contributed by atoms with Gasteiger partial charge < -0.3 is 15.0 Å². The van der Waals surface area contributed by atoms with Gasteiger partial charge in [0.15, 0.2) is 0 Å². The summed E-state index contributed by atoms with van der Waals surface area (Å²) in [6, 6.07) is 10.2. The maximum Gasteiger partial charge on any atom is 0.306 e. The monoisotopic (exact) mass is 387 g/mol. The first kappa shape index (κ1) is 19.3. The molecular weight excluding hydrogens is 369 g/mol. The molecular formula is C19H18FN3O5. The number of carbonyl (C=O) groups is 2. The SMILES string of the molecule is CCOc1ccccc1N1C[C@@H](C(=O)Nc2ccc(F)c([N+](=O)[O-])c2)CC1=O. The fourth-order valence-electron chi connectivity index (χ4n) is 3.05. The van der Waals surface area contributed by atoms with Crippen LogP contribution in [0.15, 0.2) is 42.5 Å². The van der Waals surface area contributed by atoms with Gasteiger partial charge in [-0.25, -0.2) is 0 Å². The van der Waals surface area contributed by atoms with Gasteiger partial charge in [-0.15, -0.1) is 0 Å². The number of rotatable bonds is 6. The van der Waals surface area contributed by atoms with Crippen LogP contribution in [0.5, 0.6) is 5.75 Å². The van der Waals surface area contributed by atoms with Crippen molar-refractivity contribution in [3.8, 4) is 5.75 Å². The Kier molecular flexibility index (Phi) is 5.53. The van der Waals surface area contributed by atoms with Crippen LogP contribution >= 0.6 is 0 Å². The van der Waals surface area contributed by atoms with E-state index >= 15 is 0 Å². The maximum atomic E-state index is 13.4. The number of carbonyl (C=O) groups excluding carboxylic acids is 2. The second-order valence-electron chi connectivity index (χ2n) is 6.22. The minimum atomic E-state index is -0.988. The van der Waals surface area contributed by atoms with E-state index in [-0.39, 0.29) is 24.6 Å². The molecule has 1 saturated heterocycles. The van der Waals surface area contributed by atoms with Gasteiger partial charge in [-0.2, -0.15) is 4.39 Å². The Morgan fingerprint density at radius 3 is 2.82 bits per heavy atom. The first-order valence-electron chi connectivity index (χ1n) is 8.67. The van der Waals surface area contributed by atoms with Crippen molar-refractivity contribution in [1.82, 2.24) is 0 Å². The van der Waals surface area contributed by atoms with Crippen LogP contribution in [0.4, 0.5) is 21.5 Å². The minimum Gasteiger partial charge on any atom is -0.492 e. The number of ether oxygens (including phenoxy) is 1. The summed E-state index contributed by atoms with van der Waals surface area (Å²) in [5.41, 5.74) is -0.0478. The molecule has 8 nitrogen and oxygen atoms in total. The van der Waals surface area contributed by atoms with Crippen LogP contribution in [0.1, 0.15) is 13.3 Å². The summed E-state index contributed by atoms with van der Waals surface area (Å²) in [6.45, 7) is 2.42. The fourth-order valence-corrected chi connectivity index (χ4v) is 3.05. The predicted octanol–water partition coefficient (Wildman–Crippen LogP) is 3.12. The van der Waals surface area contributed by atoms with Crippen molar-refractivity contribution in [2.75, 3.05) is 23.4 Å². The van der Waals surface area contributed by atoms with Gasteiger partial charge in [-0.05, 0) is 31.2 Å². The molecule has 0 saturated carbocycles. The Morgan fingerprint density at radius 1 is 1.36 bits per heavy atom. The molecule has 0 spiro atoms. The molecule has 2 aromatic rings. The third kappa shape index (κ3) is 3.93. The van der Waals surface area contributed by atoms with Gasteiger partial charge in [0.25, 0.3) is 0 Å². The maximum absolute atomic E-state index is 13.4. The standard InChI is InChI=1S/C19H18FN3O5/c1-2-28-17-6-4-3-5-15(17)22-11-12(9-18(22)24)19(25)21-13-7-8-14(20)16(10-13)23(26)27/h3-8,10,12H,2,9,11H2,1H3,(H,21,25)/t12-/m0/s1. The van der Waals surface area contributed by atoms with E-state index < -0.39 is 28.3 Å². The van der Waals surface area contributed by atoms with E-state index in [1.165, 1.54) is 11.0 Å². The third-order valence-corrected chi connectivity index (χ3v) is 4.36. The molecule has 9 heteroatoms. The molecule has 3 rings (SSSR count). The summed E-state index contributed by atoms with van der Waals surface area (Å²) in [5, 5.41) is 13.4. The molecule has 1 aliphatic heterocycles. The first-order valence-corrected chi connectivity index (χ1v) is 8.67. The van der Waals surface area contributed by atoms with Gasteiger partial charge in [-0.1, -0.05) is 12.1 Å². The average Bonchev–Trinajstić information content (AvgIpc) is 3.05. The van der Waals surface area contributed by atoms with Crippen molar-refractivity contribution in [1.29, 1.82) is 0 Å². The Hall–Kier alpha value is -3.49. The fraction of sp³-hybridized carbons (Fsp3) is 0.263. The number of hydrogen-bond donors (Lipinski definition) is 1. The summed E-state index contributed by atoms with van der Waals surface area (Å²) < 4.78 is 19.0. The molecule has 0 bridgehead atoms.